The average molecular weight is 519 g/mol. The molecular weight excluding hydrogens is 480 g/mol. The van der Waals surface area contributed by atoms with Crippen LogP contribution in [0.15, 0.2) is 72.9 Å². The standard InChI is InChI=1S/C30H38N4O4/c1-3-31-30(36)33-19-22-7-13-25(14-8-22)29-37-27(20-34(2)17-15-26-6-4-5-16-32-26)18-28(38-29)24-11-9-23(21-35)10-12-24/h4-14,16,27-29,35H,3,15,17-21H2,1-2H3,(H2,31,33,36)/t27-,28+,29?/m0/s1. The molecule has 0 aliphatic carbocycles. The van der Waals surface area contributed by atoms with Gasteiger partial charge in [-0.1, -0.05) is 54.6 Å². The number of carbonyl (C=O) groups is 1. The molecule has 3 N–H and O–H groups in total. The fourth-order valence-corrected chi connectivity index (χ4v) is 4.52. The highest BCUT2D eigenvalue weighted by molar-refractivity contribution is 5.73. The lowest BCUT2D eigenvalue weighted by Gasteiger charge is -2.38. The predicted molar refractivity (Wildman–Crippen MR) is 146 cm³/mol. The van der Waals surface area contributed by atoms with Gasteiger partial charge in [-0.3, -0.25) is 4.98 Å². The number of likely N-dealkylation sites (N-methyl/N-ethyl adjacent to an activating group) is 1. The zero-order valence-electron chi connectivity index (χ0n) is 22.2. The summed E-state index contributed by atoms with van der Waals surface area (Å²) in [5, 5.41) is 15.0. The molecule has 0 spiro atoms. The second kappa shape index (κ2) is 14.0. The third kappa shape index (κ3) is 8.10. The number of carbonyl (C=O) groups excluding carboxylic acids is 1. The summed E-state index contributed by atoms with van der Waals surface area (Å²) in [4.78, 5) is 18.4. The topological polar surface area (TPSA) is 96.0 Å². The Morgan fingerprint density at radius 1 is 1.00 bits per heavy atom. The average Bonchev–Trinajstić information content (AvgIpc) is 2.96. The Hall–Kier alpha value is -3.30. The third-order valence-electron chi connectivity index (χ3n) is 6.65. The van der Waals surface area contributed by atoms with Crippen molar-refractivity contribution in [3.05, 3.63) is 101 Å². The van der Waals surface area contributed by atoms with Crippen molar-refractivity contribution in [3.8, 4) is 0 Å². The number of aliphatic hydroxyl groups is 1. The van der Waals surface area contributed by atoms with Crippen molar-refractivity contribution in [2.24, 2.45) is 0 Å². The van der Waals surface area contributed by atoms with E-state index in [0.717, 1.165) is 53.9 Å². The summed E-state index contributed by atoms with van der Waals surface area (Å²) < 4.78 is 12.9. The molecule has 8 heteroatoms. The zero-order valence-corrected chi connectivity index (χ0v) is 22.2. The minimum atomic E-state index is -0.508. The van der Waals surface area contributed by atoms with Crippen molar-refractivity contribution < 1.29 is 19.4 Å². The molecule has 202 valence electrons. The Labute approximate surface area is 225 Å². The summed E-state index contributed by atoms with van der Waals surface area (Å²) in [5.74, 6) is 0. The molecule has 3 aromatic rings. The van der Waals surface area contributed by atoms with Crippen LogP contribution in [0.3, 0.4) is 0 Å². The van der Waals surface area contributed by atoms with Gasteiger partial charge < -0.3 is 30.1 Å². The van der Waals surface area contributed by atoms with Gasteiger partial charge in [0.2, 0.25) is 0 Å². The number of pyridine rings is 1. The molecule has 1 fully saturated rings. The summed E-state index contributed by atoms with van der Waals surface area (Å²) in [6.07, 6.45) is 2.78. The number of benzene rings is 2. The van der Waals surface area contributed by atoms with Gasteiger partial charge in [-0.2, -0.15) is 0 Å². The lowest BCUT2D eigenvalue weighted by atomic mass is 9.99. The molecule has 1 aliphatic rings. The smallest absolute Gasteiger partial charge is 0.315 e. The number of aromatic nitrogens is 1. The van der Waals surface area contributed by atoms with E-state index in [-0.39, 0.29) is 24.8 Å². The summed E-state index contributed by atoms with van der Waals surface area (Å²) in [7, 11) is 2.11. The molecule has 4 rings (SSSR count). The van der Waals surface area contributed by atoms with Crippen molar-refractivity contribution in [2.45, 2.75) is 51.4 Å². The quantitative estimate of drug-likeness (QED) is 0.354. The maximum absolute atomic E-state index is 11.7. The largest absolute Gasteiger partial charge is 0.392 e. The zero-order chi connectivity index (χ0) is 26.7. The van der Waals surface area contributed by atoms with Gasteiger partial charge in [0.15, 0.2) is 6.29 Å². The Kier molecular flexibility index (Phi) is 10.2. The Bertz CT molecular complexity index is 1130. The highest BCUT2D eigenvalue weighted by atomic mass is 16.7. The molecule has 0 saturated carbocycles. The maximum Gasteiger partial charge on any atom is 0.315 e. The van der Waals surface area contributed by atoms with E-state index in [4.69, 9.17) is 9.47 Å². The first-order valence-electron chi connectivity index (χ1n) is 13.2. The Balaban J connectivity index is 1.43. The van der Waals surface area contributed by atoms with Crippen LogP contribution in [-0.2, 0) is 29.0 Å². The fourth-order valence-electron chi connectivity index (χ4n) is 4.52. The van der Waals surface area contributed by atoms with Crippen LogP contribution >= 0.6 is 0 Å². The molecule has 38 heavy (non-hydrogen) atoms. The molecule has 1 unspecified atom stereocenters. The van der Waals surface area contributed by atoms with Gasteiger partial charge in [0.25, 0.3) is 0 Å². The number of hydrogen-bond donors (Lipinski definition) is 3. The Morgan fingerprint density at radius 2 is 1.74 bits per heavy atom. The number of amides is 2. The van der Waals surface area contributed by atoms with Gasteiger partial charge in [0, 0.05) is 56.5 Å². The van der Waals surface area contributed by atoms with Crippen molar-refractivity contribution in [3.63, 3.8) is 0 Å². The van der Waals surface area contributed by atoms with Gasteiger partial charge in [-0.25, -0.2) is 4.79 Å². The van der Waals surface area contributed by atoms with Crippen LogP contribution in [-0.4, -0.2) is 53.8 Å². The Morgan fingerprint density at radius 3 is 2.42 bits per heavy atom. The van der Waals surface area contributed by atoms with Crippen LogP contribution in [0.1, 0.15) is 53.7 Å². The minimum Gasteiger partial charge on any atom is -0.392 e. The van der Waals surface area contributed by atoms with Crippen LogP contribution in [0.4, 0.5) is 4.79 Å². The van der Waals surface area contributed by atoms with Crippen molar-refractivity contribution in [1.29, 1.82) is 0 Å². The number of nitrogens with one attached hydrogen (secondary N) is 2. The van der Waals surface area contributed by atoms with Crippen molar-refractivity contribution in [1.82, 2.24) is 20.5 Å². The van der Waals surface area contributed by atoms with Crippen molar-refractivity contribution >= 4 is 6.03 Å². The molecule has 2 amide bonds. The third-order valence-corrected chi connectivity index (χ3v) is 6.65. The lowest BCUT2D eigenvalue weighted by molar-refractivity contribution is -0.252. The molecule has 8 nitrogen and oxygen atoms in total. The summed E-state index contributed by atoms with van der Waals surface area (Å²) >= 11 is 0. The van der Waals surface area contributed by atoms with E-state index >= 15 is 0 Å². The minimum absolute atomic E-state index is 0.0164. The van der Waals surface area contributed by atoms with Crippen LogP contribution in [0.5, 0.6) is 0 Å². The van der Waals surface area contributed by atoms with Crippen LogP contribution < -0.4 is 10.6 Å². The molecule has 2 heterocycles. The first-order valence-corrected chi connectivity index (χ1v) is 13.2. The van der Waals surface area contributed by atoms with Crippen LogP contribution in [0.25, 0.3) is 0 Å². The molecule has 0 bridgehead atoms. The van der Waals surface area contributed by atoms with Crippen LogP contribution in [0, 0.1) is 0 Å². The fraction of sp³-hybridized carbons (Fsp3) is 0.400. The molecule has 1 aliphatic heterocycles. The van der Waals surface area contributed by atoms with Gasteiger partial charge in [-0.15, -0.1) is 0 Å². The molecule has 0 radical (unpaired) electrons. The van der Waals surface area contributed by atoms with Gasteiger partial charge in [-0.05, 0) is 42.8 Å². The molecule has 1 saturated heterocycles. The molecule has 2 aromatic carbocycles. The van der Waals surface area contributed by atoms with E-state index in [1.807, 2.05) is 73.8 Å². The van der Waals surface area contributed by atoms with E-state index in [2.05, 4.69) is 33.6 Å². The number of hydrogen-bond acceptors (Lipinski definition) is 6. The highest BCUT2D eigenvalue weighted by Crippen LogP contribution is 2.38. The van der Waals surface area contributed by atoms with Gasteiger partial charge in [0.05, 0.1) is 18.8 Å². The van der Waals surface area contributed by atoms with Gasteiger partial charge >= 0.3 is 6.03 Å². The van der Waals surface area contributed by atoms with Crippen LogP contribution in [0.2, 0.25) is 0 Å². The van der Waals surface area contributed by atoms with E-state index in [0.29, 0.717) is 13.1 Å². The number of rotatable bonds is 11. The number of urea groups is 1. The summed E-state index contributed by atoms with van der Waals surface area (Å²) in [6, 6.07) is 21.7. The number of nitrogens with zero attached hydrogens (tertiary/aromatic N) is 2. The van der Waals surface area contributed by atoms with E-state index < -0.39 is 6.29 Å². The lowest BCUT2D eigenvalue weighted by Crippen LogP contribution is -2.38. The molecular formula is C30H38N4O4. The first kappa shape index (κ1) is 27.7. The van der Waals surface area contributed by atoms with E-state index in [9.17, 15) is 9.90 Å². The second-order valence-electron chi connectivity index (χ2n) is 9.64. The highest BCUT2D eigenvalue weighted by Gasteiger charge is 2.32. The maximum atomic E-state index is 11.7. The summed E-state index contributed by atoms with van der Waals surface area (Å²) in [5.41, 5.74) is 4.95. The van der Waals surface area contributed by atoms with E-state index in [1.165, 1.54) is 0 Å². The molecule has 1 aromatic heterocycles. The summed E-state index contributed by atoms with van der Waals surface area (Å²) in [6.45, 7) is 4.59. The predicted octanol–water partition coefficient (Wildman–Crippen LogP) is 4.11. The monoisotopic (exact) mass is 518 g/mol. The SMILES string of the molecule is CCNC(=O)NCc1ccc(C2O[C@H](CN(C)CCc3ccccn3)C[C@H](c3ccc(CO)cc3)O2)cc1. The van der Waals surface area contributed by atoms with Crippen molar-refractivity contribution in [2.75, 3.05) is 26.7 Å². The first-order chi connectivity index (χ1) is 18.5. The number of aliphatic hydroxyl groups excluding tert-OH is 1. The molecule has 3 atom stereocenters. The normalized spacial score (nSPS) is 19.3. The number of ether oxygens (including phenoxy) is 2. The second-order valence-corrected chi connectivity index (χ2v) is 9.64. The van der Waals surface area contributed by atoms with Gasteiger partial charge in [0.1, 0.15) is 0 Å². The van der Waals surface area contributed by atoms with E-state index in [1.54, 1.807) is 0 Å².